The lowest BCUT2D eigenvalue weighted by atomic mass is 10.1. The number of fused-ring (bicyclic) bond motifs is 1. The Morgan fingerprint density at radius 2 is 1.47 bits per heavy atom. The molecule has 3 aromatic rings. The summed E-state index contributed by atoms with van der Waals surface area (Å²) in [7, 11) is -14.8. The quantitative estimate of drug-likeness (QED) is 0.144. The number of rotatable bonds is 6. The first-order valence-electron chi connectivity index (χ1n) is 9.24. The molecule has 7 N–H and O–H groups in total. The second-order valence-electron chi connectivity index (χ2n) is 7.17. The van der Waals surface area contributed by atoms with Gasteiger partial charge in [-0.15, -0.1) is 10.2 Å². The Balaban J connectivity index is 2.36. The van der Waals surface area contributed by atoms with Crippen molar-refractivity contribution in [2.45, 2.75) is 21.6 Å². The van der Waals surface area contributed by atoms with Gasteiger partial charge in [0.1, 0.15) is 26.9 Å². The number of phenols is 1. The number of benzene rings is 3. The second-order valence-corrected chi connectivity index (χ2v) is 11.4. The number of phenolic OH excluding ortho intramolecular Hbond substituents is 1. The van der Waals surface area contributed by atoms with Crippen LogP contribution in [-0.4, -0.2) is 49.9 Å². The van der Waals surface area contributed by atoms with Crippen molar-refractivity contribution >= 4 is 69.8 Å². The van der Waals surface area contributed by atoms with Crippen LogP contribution >= 0.6 is 0 Å². The van der Waals surface area contributed by atoms with Gasteiger partial charge in [-0.2, -0.15) is 25.3 Å². The maximum Gasteiger partial charge on any atom is 0.296 e. The van der Waals surface area contributed by atoms with Gasteiger partial charge in [0.05, 0.1) is 16.0 Å². The molecule has 0 fully saturated rings. The summed E-state index contributed by atoms with van der Waals surface area (Å²) in [6.07, 6.45) is 0. The minimum Gasteiger partial charge on any atom is -0.507 e. The molecule has 192 valence electrons. The highest BCUT2D eigenvalue weighted by molar-refractivity contribution is 7.86. The third-order valence-corrected chi connectivity index (χ3v) is 7.16. The van der Waals surface area contributed by atoms with E-state index in [-0.39, 0.29) is 16.5 Å². The fourth-order valence-corrected chi connectivity index (χ4v) is 4.95. The maximum absolute atomic E-state index is 11.8. The fraction of sp³-hybridized carbons (Fsp3) is 0.0556. The first-order chi connectivity index (χ1) is 16.4. The van der Waals surface area contributed by atoms with Crippen LogP contribution in [0.15, 0.2) is 61.3 Å². The Hall–Kier alpha value is -3.68. The minimum atomic E-state index is -5.04. The molecule has 18 heteroatoms. The van der Waals surface area contributed by atoms with E-state index in [9.17, 15) is 48.8 Å². The number of anilines is 2. The predicted molar refractivity (Wildman–Crippen MR) is 124 cm³/mol. The first-order valence-corrected chi connectivity index (χ1v) is 13.6. The van der Waals surface area contributed by atoms with Crippen molar-refractivity contribution < 1.29 is 48.8 Å². The molecule has 1 amide bonds. The van der Waals surface area contributed by atoms with E-state index in [0.29, 0.717) is 12.1 Å². The Kier molecular flexibility index (Phi) is 6.79. The number of nitrogens with zero attached hydrogens (tertiary/aromatic N) is 2. The van der Waals surface area contributed by atoms with Gasteiger partial charge < -0.3 is 16.2 Å². The average Bonchev–Trinajstić information content (AvgIpc) is 2.70. The van der Waals surface area contributed by atoms with Gasteiger partial charge in [0.2, 0.25) is 5.91 Å². The highest BCUT2D eigenvalue weighted by atomic mass is 32.2. The van der Waals surface area contributed by atoms with Gasteiger partial charge >= 0.3 is 0 Å². The molecule has 0 aliphatic rings. The monoisotopic (exact) mass is 560 g/mol. The maximum atomic E-state index is 11.8. The van der Waals surface area contributed by atoms with Gasteiger partial charge in [0.25, 0.3) is 30.4 Å². The van der Waals surface area contributed by atoms with Gasteiger partial charge in [-0.05, 0) is 35.7 Å². The fourth-order valence-electron chi connectivity index (χ4n) is 3.12. The largest absolute Gasteiger partial charge is 0.507 e. The van der Waals surface area contributed by atoms with Crippen LogP contribution in [0.1, 0.15) is 6.92 Å². The zero-order valence-corrected chi connectivity index (χ0v) is 20.3. The van der Waals surface area contributed by atoms with Crippen LogP contribution in [0.2, 0.25) is 0 Å². The van der Waals surface area contributed by atoms with Crippen molar-refractivity contribution in [3.8, 4) is 5.75 Å². The van der Waals surface area contributed by atoms with Crippen LogP contribution in [-0.2, 0) is 35.1 Å². The molecule has 0 aliphatic carbocycles. The number of nitrogens with two attached hydrogens (primary N) is 1. The molecule has 0 aromatic heterocycles. The molecule has 3 rings (SSSR count). The average molecular weight is 561 g/mol. The van der Waals surface area contributed by atoms with Crippen LogP contribution in [0.25, 0.3) is 10.8 Å². The summed E-state index contributed by atoms with van der Waals surface area (Å²) in [5, 5.41) is 19.3. The molecule has 0 unspecified atom stereocenters. The highest BCUT2D eigenvalue weighted by Crippen LogP contribution is 2.44. The summed E-state index contributed by atoms with van der Waals surface area (Å²) in [4.78, 5) is 8.63. The third kappa shape index (κ3) is 5.58. The van der Waals surface area contributed by atoms with E-state index in [2.05, 4.69) is 15.5 Å². The van der Waals surface area contributed by atoms with Crippen molar-refractivity contribution in [3.63, 3.8) is 0 Å². The third-order valence-electron chi connectivity index (χ3n) is 4.56. The van der Waals surface area contributed by atoms with Crippen LogP contribution in [0.5, 0.6) is 5.75 Å². The number of aromatic hydroxyl groups is 1. The number of azo groups is 1. The van der Waals surface area contributed by atoms with E-state index in [1.807, 2.05) is 0 Å². The van der Waals surface area contributed by atoms with Crippen molar-refractivity contribution in [2.75, 3.05) is 11.1 Å². The normalized spacial score (nSPS) is 12.8. The molecule has 0 atom stereocenters. The Bertz CT molecular complexity index is 1780. The van der Waals surface area contributed by atoms with Crippen LogP contribution in [0.4, 0.5) is 22.7 Å². The van der Waals surface area contributed by atoms with E-state index in [1.54, 1.807) is 0 Å². The lowest BCUT2D eigenvalue weighted by Gasteiger charge is -2.12. The molecule has 0 radical (unpaired) electrons. The van der Waals surface area contributed by atoms with Gasteiger partial charge in [0.15, 0.2) is 0 Å². The zero-order chi connectivity index (χ0) is 27.2. The van der Waals surface area contributed by atoms with Crippen LogP contribution in [0.3, 0.4) is 0 Å². The molecule has 0 heterocycles. The Morgan fingerprint density at radius 1 is 0.861 bits per heavy atom. The van der Waals surface area contributed by atoms with Crippen LogP contribution < -0.4 is 11.1 Å². The highest BCUT2D eigenvalue weighted by Gasteiger charge is 2.24. The summed E-state index contributed by atoms with van der Waals surface area (Å²) < 4.78 is 98.7. The van der Waals surface area contributed by atoms with Crippen LogP contribution in [0, 0.1) is 0 Å². The summed E-state index contributed by atoms with van der Waals surface area (Å²) in [5.41, 5.74) is 3.88. The van der Waals surface area contributed by atoms with Crippen molar-refractivity contribution in [1.29, 1.82) is 0 Å². The van der Waals surface area contributed by atoms with Gasteiger partial charge in [-0.3, -0.25) is 18.5 Å². The smallest absolute Gasteiger partial charge is 0.296 e. The lowest BCUT2D eigenvalue weighted by Crippen LogP contribution is -2.07. The van der Waals surface area contributed by atoms with Gasteiger partial charge in [-0.1, -0.05) is 0 Å². The molecule has 0 spiro atoms. The second kappa shape index (κ2) is 9.08. The van der Waals surface area contributed by atoms with Crippen molar-refractivity contribution in [1.82, 2.24) is 0 Å². The SMILES string of the molecule is CC(=O)Nc1ccc(N=Nc2c(N)c(S(=O)(=O)O)cc3cc(S(=O)(=O)O)cc(O)c23)c(S(=O)(=O)O)c1. The Morgan fingerprint density at radius 3 is 2.00 bits per heavy atom. The molecular formula is C18H16N4O11S3. The summed E-state index contributed by atoms with van der Waals surface area (Å²) in [6.45, 7) is 1.15. The summed E-state index contributed by atoms with van der Waals surface area (Å²) in [5.74, 6) is -1.40. The molecule has 15 nitrogen and oxygen atoms in total. The van der Waals surface area contributed by atoms with E-state index in [0.717, 1.165) is 25.1 Å². The van der Waals surface area contributed by atoms with Crippen molar-refractivity contribution in [2.24, 2.45) is 10.2 Å². The topological polar surface area (TPSA) is 263 Å². The number of hydrogen-bond donors (Lipinski definition) is 6. The number of carbonyl (C=O) groups excluding carboxylic acids is 1. The Labute approximate surface area is 203 Å². The molecule has 36 heavy (non-hydrogen) atoms. The standard InChI is InChI=1S/C18H16N4O11S3/c1-8(23)20-10-2-3-12(14(6-10)35(28,29)30)21-22-18-16-9(5-15(17(18)19)36(31,32)33)4-11(7-13(16)24)34(25,26)27/h2-7,24H,19H2,1H3,(H,20,23)(H,25,26,27)(H,28,29,30)(H,31,32,33). The van der Waals surface area contributed by atoms with Gasteiger partial charge in [-0.25, -0.2) is 0 Å². The number of carbonyl (C=O) groups is 1. The summed E-state index contributed by atoms with van der Waals surface area (Å²) in [6, 6.07) is 5.16. The minimum absolute atomic E-state index is 0.0252. The molecule has 0 saturated carbocycles. The lowest BCUT2D eigenvalue weighted by molar-refractivity contribution is -0.114. The first kappa shape index (κ1) is 26.9. The number of hydrogen-bond acceptors (Lipinski definition) is 11. The summed E-state index contributed by atoms with van der Waals surface area (Å²) >= 11 is 0. The molecular weight excluding hydrogens is 544 g/mol. The molecule has 0 bridgehead atoms. The van der Waals surface area contributed by atoms with Crippen molar-refractivity contribution in [3.05, 3.63) is 36.4 Å². The van der Waals surface area contributed by atoms with E-state index in [4.69, 9.17) is 5.73 Å². The molecule has 0 aliphatic heterocycles. The van der Waals surface area contributed by atoms with Gasteiger partial charge in [0, 0.05) is 18.7 Å². The van der Waals surface area contributed by atoms with E-state index < -0.39 is 73.8 Å². The number of nitrogen functional groups attached to an aromatic ring is 1. The van der Waals surface area contributed by atoms with E-state index >= 15 is 0 Å². The van der Waals surface area contributed by atoms with E-state index in [1.165, 1.54) is 6.07 Å². The predicted octanol–water partition coefficient (Wildman–Crippen LogP) is 2.24. The molecule has 3 aromatic carbocycles. The zero-order valence-electron chi connectivity index (χ0n) is 17.8. The molecule has 0 saturated heterocycles. The number of nitrogens with one attached hydrogen (secondary N) is 1. The number of amides is 1.